The molecule has 0 rings (SSSR count). The van der Waals surface area contributed by atoms with E-state index in [1.807, 2.05) is 0 Å². The molecule has 0 aliphatic carbocycles. The van der Waals surface area contributed by atoms with Gasteiger partial charge in [0.25, 0.3) is 0 Å². The summed E-state index contributed by atoms with van der Waals surface area (Å²) in [6, 6.07) is 0.0623. The molecule has 0 bridgehead atoms. The number of carbonyl (C=O) groups is 1. The summed E-state index contributed by atoms with van der Waals surface area (Å²) >= 11 is 0. The lowest BCUT2D eigenvalue weighted by Gasteiger charge is -2.07. The molecule has 0 aliphatic heterocycles. The van der Waals surface area contributed by atoms with Gasteiger partial charge in [-0.3, -0.25) is 4.79 Å². The van der Waals surface area contributed by atoms with E-state index in [-0.39, 0.29) is 11.8 Å². The monoisotopic (exact) mass is 169 g/mol. The zero-order valence-corrected chi connectivity index (χ0v) is 7.88. The SMILES string of the molecule is C=CCCC(=O)CC(N)CCC. The van der Waals surface area contributed by atoms with Crippen molar-refractivity contribution in [3.63, 3.8) is 0 Å². The molecule has 70 valence electrons. The van der Waals surface area contributed by atoms with Crippen LogP contribution in [0.4, 0.5) is 0 Å². The third kappa shape index (κ3) is 6.10. The van der Waals surface area contributed by atoms with Gasteiger partial charge in [-0.15, -0.1) is 6.58 Å². The highest BCUT2D eigenvalue weighted by molar-refractivity contribution is 5.79. The standard InChI is InChI=1S/C10H19NO/c1-3-5-7-10(12)8-9(11)6-4-2/h3,9H,1,4-8,11H2,2H3. The summed E-state index contributed by atoms with van der Waals surface area (Å²) in [7, 11) is 0. The molecule has 2 nitrogen and oxygen atoms in total. The van der Waals surface area contributed by atoms with E-state index in [0.29, 0.717) is 12.8 Å². The first-order valence-electron chi connectivity index (χ1n) is 4.58. The number of allylic oxidation sites excluding steroid dienone is 1. The Bertz CT molecular complexity index is 143. The molecular weight excluding hydrogens is 150 g/mol. The molecule has 0 aromatic rings. The van der Waals surface area contributed by atoms with Crippen molar-refractivity contribution in [1.29, 1.82) is 0 Å². The number of hydrogen-bond donors (Lipinski definition) is 1. The Kier molecular flexibility index (Phi) is 6.67. The molecule has 1 unspecified atom stereocenters. The molecule has 0 spiro atoms. The predicted octanol–water partition coefficient (Wildman–Crippen LogP) is 2.04. The van der Waals surface area contributed by atoms with E-state index in [9.17, 15) is 4.79 Å². The van der Waals surface area contributed by atoms with Gasteiger partial charge in [-0.2, -0.15) is 0 Å². The summed E-state index contributed by atoms with van der Waals surface area (Å²) in [5, 5.41) is 0. The molecule has 0 aromatic carbocycles. The van der Waals surface area contributed by atoms with Crippen LogP contribution in [0.1, 0.15) is 39.0 Å². The molecule has 0 saturated heterocycles. The zero-order chi connectivity index (χ0) is 9.40. The Morgan fingerprint density at radius 1 is 1.67 bits per heavy atom. The summed E-state index contributed by atoms with van der Waals surface area (Å²) in [6.07, 6.45) is 5.67. The number of nitrogens with two attached hydrogens (primary N) is 1. The average molecular weight is 169 g/mol. The molecule has 1 atom stereocenters. The van der Waals surface area contributed by atoms with E-state index < -0.39 is 0 Å². The zero-order valence-electron chi connectivity index (χ0n) is 7.88. The van der Waals surface area contributed by atoms with Gasteiger partial charge >= 0.3 is 0 Å². The third-order valence-corrected chi connectivity index (χ3v) is 1.78. The van der Waals surface area contributed by atoms with Crippen molar-refractivity contribution in [1.82, 2.24) is 0 Å². The molecule has 12 heavy (non-hydrogen) atoms. The van der Waals surface area contributed by atoms with Crippen LogP contribution in [-0.4, -0.2) is 11.8 Å². The van der Waals surface area contributed by atoms with Crippen molar-refractivity contribution in [2.45, 2.75) is 45.1 Å². The smallest absolute Gasteiger partial charge is 0.134 e. The maximum atomic E-state index is 11.2. The minimum Gasteiger partial charge on any atom is -0.327 e. The van der Waals surface area contributed by atoms with Crippen LogP contribution < -0.4 is 5.73 Å². The number of ketones is 1. The molecule has 0 aromatic heterocycles. The highest BCUT2D eigenvalue weighted by atomic mass is 16.1. The van der Waals surface area contributed by atoms with Crippen molar-refractivity contribution in [2.24, 2.45) is 5.73 Å². The Morgan fingerprint density at radius 3 is 2.83 bits per heavy atom. The van der Waals surface area contributed by atoms with Gasteiger partial charge in [-0.05, 0) is 12.8 Å². The number of rotatable bonds is 7. The first kappa shape index (κ1) is 11.4. The normalized spacial score (nSPS) is 12.5. The second-order valence-electron chi connectivity index (χ2n) is 3.12. The van der Waals surface area contributed by atoms with Crippen molar-refractivity contribution in [3.05, 3.63) is 12.7 Å². The molecule has 0 saturated carbocycles. The lowest BCUT2D eigenvalue weighted by atomic mass is 10.0. The van der Waals surface area contributed by atoms with Crippen LogP contribution in [0.5, 0.6) is 0 Å². The van der Waals surface area contributed by atoms with Crippen LogP contribution in [0, 0.1) is 0 Å². The van der Waals surface area contributed by atoms with Crippen LogP contribution in [0.15, 0.2) is 12.7 Å². The summed E-state index contributed by atoms with van der Waals surface area (Å²) in [5.74, 6) is 0.260. The quantitative estimate of drug-likeness (QED) is 0.593. The molecule has 2 N–H and O–H groups in total. The molecule has 0 radical (unpaired) electrons. The number of Topliss-reactive ketones (excluding diaryl/α,β-unsaturated/α-hetero) is 1. The molecule has 0 heterocycles. The second-order valence-corrected chi connectivity index (χ2v) is 3.12. The first-order valence-corrected chi connectivity index (χ1v) is 4.58. The Morgan fingerprint density at radius 2 is 2.33 bits per heavy atom. The van der Waals surface area contributed by atoms with Crippen LogP contribution in [0.25, 0.3) is 0 Å². The Hall–Kier alpha value is -0.630. The first-order chi connectivity index (χ1) is 5.70. The fourth-order valence-electron chi connectivity index (χ4n) is 1.13. The van der Waals surface area contributed by atoms with Crippen LogP contribution in [0.2, 0.25) is 0 Å². The van der Waals surface area contributed by atoms with Gasteiger partial charge in [-0.25, -0.2) is 0 Å². The van der Waals surface area contributed by atoms with Crippen LogP contribution >= 0.6 is 0 Å². The highest BCUT2D eigenvalue weighted by Gasteiger charge is 2.07. The van der Waals surface area contributed by atoms with E-state index in [1.54, 1.807) is 6.08 Å². The van der Waals surface area contributed by atoms with E-state index in [4.69, 9.17) is 5.73 Å². The van der Waals surface area contributed by atoms with Gasteiger partial charge in [0, 0.05) is 18.9 Å². The molecule has 0 amide bonds. The van der Waals surface area contributed by atoms with Crippen molar-refractivity contribution < 1.29 is 4.79 Å². The minimum absolute atomic E-state index is 0.0623. The topological polar surface area (TPSA) is 43.1 Å². The van der Waals surface area contributed by atoms with Gasteiger partial charge in [-0.1, -0.05) is 19.4 Å². The van der Waals surface area contributed by atoms with E-state index in [0.717, 1.165) is 19.3 Å². The van der Waals surface area contributed by atoms with Gasteiger partial charge < -0.3 is 5.73 Å². The summed E-state index contributed by atoms with van der Waals surface area (Å²) in [4.78, 5) is 11.2. The van der Waals surface area contributed by atoms with Crippen molar-refractivity contribution in [2.75, 3.05) is 0 Å². The average Bonchev–Trinajstić information content (AvgIpc) is 2.01. The van der Waals surface area contributed by atoms with Crippen molar-refractivity contribution >= 4 is 5.78 Å². The van der Waals surface area contributed by atoms with Gasteiger partial charge in [0.2, 0.25) is 0 Å². The minimum atomic E-state index is 0.0623. The fourth-order valence-corrected chi connectivity index (χ4v) is 1.13. The largest absolute Gasteiger partial charge is 0.327 e. The summed E-state index contributed by atoms with van der Waals surface area (Å²) in [6.45, 7) is 5.64. The Labute approximate surface area is 74.8 Å². The highest BCUT2D eigenvalue weighted by Crippen LogP contribution is 2.03. The third-order valence-electron chi connectivity index (χ3n) is 1.78. The molecule has 0 fully saturated rings. The summed E-state index contributed by atoms with van der Waals surface area (Å²) in [5.41, 5.74) is 5.71. The van der Waals surface area contributed by atoms with Crippen molar-refractivity contribution in [3.8, 4) is 0 Å². The maximum Gasteiger partial charge on any atom is 0.134 e. The number of hydrogen-bond acceptors (Lipinski definition) is 2. The van der Waals surface area contributed by atoms with Crippen LogP contribution in [-0.2, 0) is 4.79 Å². The molecular formula is C10H19NO. The van der Waals surface area contributed by atoms with Gasteiger partial charge in [0.15, 0.2) is 0 Å². The second kappa shape index (κ2) is 7.04. The van der Waals surface area contributed by atoms with Gasteiger partial charge in [0.05, 0.1) is 0 Å². The molecule has 2 heteroatoms. The lowest BCUT2D eigenvalue weighted by molar-refractivity contribution is -0.119. The molecule has 0 aliphatic rings. The van der Waals surface area contributed by atoms with Gasteiger partial charge in [0.1, 0.15) is 5.78 Å². The van der Waals surface area contributed by atoms with E-state index >= 15 is 0 Å². The summed E-state index contributed by atoms with van der Waals surface area (Å²) < 4.78 is 0. The van der Waals surface area contributed by atoms with Crippen LogP contribution in [0.3, 0.4) is 0 Å². The van der Waals surface area contributed by atoms with E-state index in [2.05, 4.69) is 13.5 Å². The maximum absolute atomic E-state index is 11.2. The fraction of sp³-hybridized carbons (Fsp3) is 0.700. The predicted molar refractivity (Wildman–Crippen MR) is 51.9 cm³/mol. The van der Waals surface area contributed by atoms with E-state index in [1.165, 1.54) is 0 Å². The lowest BCUT2D eigenvalue weighted by Crippen LogP contribution is -2.23. The Balaban J connectivity index is 3.46. The number of carbonyl (C=O) groups excluding carboxylic acids is 1.